The summed E-state index contributed by atoms with van der Waals surface area (Å²) in [5, 5.41) is 2.71. The Balaban J connectivity index is 2.79. The monoisotopic (exact) mass is 259 g/mol. The second-order valence-corrected chi connectivity index (χ2v) is 3.84. The molecule has 0 saturated carbocycles. The van der Waals surface area contributed by atoms with Crippen molar-refractivity contribution in [2.24, 2.45) is 0 Å². The molecular weight excluding hydrogens is 250 g/mol. The molecule has 1 rings (SSSR count). The van der Waals surface area contributed by atoms with Crippen LogP contribution in [0.4, 0.5) is 5.69 Å². The van der Waals surface area contributed by atoms with Crippen LogP contribution in [0, 0.1) is 6.92 Å². The Bertz CT molecular complexity index is 327. The minimum Gasteiger partial charge on any atom is -0.325 e. The number of hydrogen-bond donors (Lipinski definition) is 2. The smallest absolute Gasteiger partial charge is 0.234 e. The van der Waals surface area contributed by atoms with Gasteiger partial charge in [-0.1, -0.05) is 22.0 Å². The molecule has 0 aliphatic rings. The summed E-state index contributed by atoms with van der Waals surface area (Å²) in [6.45, 7) is 1.99. The quantitative estimate of drug-likeness (QED) is 0.786. The van der Waals surface area contributed by atoms with E-state index in [0.717, 1.165) is 15.7 Å². The van der Waals surface area contributed by atoms with Crippen LogP contribution < -0.4 is 5.32 Å². The Labute approximate surface area is 91.3 Å². The van der Waals surface area contributed by atoms with Crippen LogP contribution in [0.25, 0.3) is 0 Å². The minimum absolute atomic E-state index is 0.0981. The highest BCUT2D eigenvalue weighted by molar-refractivity contribution is 9.10. The van der Waals surface area contributed by atoms with Crippen molar-refractivity contribution in [1.29, 1.82) is 0 Å². The molecule has 1 aromatic rings. The maximum atomic E-state index is 11.0. The highest BCUT2D eigenvalue weighted by atomic mass is 79.9. The molecule has 13 heavy (non-hydrogen) atoms. The highest BCUT2D eigenvalue weighted by Crippen LogP contribution is 2.20. The van der Waals surface area contributed by atoms with Gasteiger partial charge in [0.2, 0.25) is 5.91 Å². The first-order valence-corrected chi connectivity index (χ1v) is 5.23. The SMILES string of the molecule is Cc1ccc(NC(=O)CS)cc1Br. The van der Waals surface area contributed by atoms with Crippen molar-refractivity contribution >= 4 is 40.2 Å². The van der Waals surface area contributed by atoms with Gasteiger partial charge in [0.1, 0.15) is 0 Å². The maximum Gasteiger partial charge on any atom is 0.234 e. The number of benzene rings is 1. The molecule has 0 atom stereocenters. The fraction of sp³-hybridized carbons (Fsp3) is 0.222. The van der Waals surface area contributed by atoms with Crippen LogP contribution in [0.5, 0.6) is 0 Å². The van der Waals surface area contributed by atoms with E-state index in [1.54, 1.807) is 0 Å². The maximum absolute atomic E-state index is 11.0. The van der Waals surface area contributed by atoms with E-state index in [1.807, 2.05) is 25.1 Å². The topological polar surface area (TPSA) is 29.1 Å². The third kappa shape index (κ3) is 3.04. The molecule has 0 saturated heterocycles. The number of hydrogen-bond acceptors (Lipinski definition) is 2. The highest BCUT2D eigenvalue weighted by Gasteiger charge is 2.00. The lowest BCUT2D eigenvalue weighted by atomic mass is 10.2. The third-order valence-corrected chi connectivity index (χ3v) is 2.74. The van der Waals surface area contributed by atoms with Gasteiger partial charge in [0, 0.05) is 10.2 Å². The van der Waals surface area contributed by atoms with E-state index in [9.17, 15) is 4.79 Å². The molecule has 2 nitrogen and oxygen atoms in total. The lowest BCUT2D eigenvalue weighted by molar-refractivity contribution is -0.113. The van der Waals surface area contributed by atoms with Crippen LogP contribution in [0.15, 0.2) is 22.7 Å². The van der Waals surface area contributed by atoms with Gasteiger partial charge in [-0.15, -0.1) is 0 Å². The molecule has 0 aliphatic heterocycles. The summed E-state index contributed by atoms with van der Waals surface area (Å²) in [5.74, 6) is 0.102. The predicted molar refractivity (Wildman–Crippen MR) is 61.4 cm³/mol. The van der Waals surface area contributed by atoms with Crippen molar-refractivity contribution in [2.45, 2.75) is 6.92 Å². The zero-order chi connectivity index (χ0) is 9.84. The summed E-state index contributed by atoms with van der Waals surface area (Å²) >= 11 is 7.26. The minimum atomic E-state index is -0.0981. The number of thiol groups is 1. The third-order valence-electron chi connectivity index (χ3n) is 1.60. The Morgan fingerprint density at radius 1 is 1.62 bits per heavy atom. The van der Waals surface area contributed by atoms with Crippen molar-refractivity contribution in [3.05, 3.63) is 28.2 Å². The van der Waals surface area contributed by atoms with Gasteiger partial charge in [0.15, 0.2) is 0 Å². The average molecular weight is 260 g/mol. The Morgan fingerprint density at radius 3 is 2.85 bits per heavy atom. The van der Waals surface area contributed by atoms with Crippen LogP contribution in [0.2, 0.25) is 0 Å². The van der Waals surface area contributed by atoms with Crippen LogP contribution >= 0.6 is 28.6 Å². The van der Waals surface area contributed by atoms with Crippen molar-refractivity contribution in [2.75, 3.05) is 11.1 Å². The lowest BCUT2D eigenvalue weighted by Crippen LogP contribution is -2.12. The predicted octanol–water partition coefficient (Wildman–Crippen LogP) is 2.63. The fourth-order valence-corrected chi connectivity index (χ4v) is 1.33. The largest absolute Gasteiger partial charge is 0.325 e. The number of carbonyl (C=O) groups is 1. The molecule has 0 heterocycles. The van der Waals surface area contributed by atoms with Gasteiger partial charge < -0.3 is 5.32 Å². The Kier molecular flexibility index (Phi) is 3.81. The first kappa shape index (κ1) is 10.6. The first-order chi connectivity index (χ1) is 6.13. The second kappa shape index (κ2) is 4.67. The van der Waals surface area contributed by atoms with E-state index < -0.39 is 0 Å². The van der Waals surface area contributed by atoms with Crippen LogP contribution in [-0.2, 0) is 4.79 Å². The van der Waals surface area contributed by atoms with E-state index in [1.165, 1.54) is 0 Å². The standard InChI is InChI=1S/C9H10BrNOS/c1-6-2-3-7(4-8(6)10)11-9(12)5-13/h2-4,13H,5H2,1H3,(H,11,12). The zero-order valence-corrected chi connectivity index (χ0v) is 9.65. The molecule has 70 valence electrons. The van der Waals surface area contributed by atoms with Gasteiger partial charge in [-0.3, -0.25) is 4.79 Å². The van der Waals surface area contributed by atoms with Gasteiger partial charge in [0.05, 0.1) is 5.75 Å². The zero-order valence-electron chi connectivity index (χ0n) is 7.17. The molecule has 0 aliphatic carbocycles. The fourth-order valence-electron chi connectivity index (χ4n) is 0.871. The number of halogens is 1. The number of aryl methyl sites for hydroxylation is 1. The van der Waals surface area contributed by atoms with Gasteiger partial charge >= 0.3 is 0 Å². The molecule has 0 unspecified atom stereocenters. The summed E-state index contributed by atoms with van der Waals surface area (Å²) in [6.07, 6.45) is 0. The normalized spacial score (nSPS) is 9.77. The number of amides is 1. The summed E-state index contributed by atoms with van der Waals surface area (Å²) in [5.41, 5.74) is 1.93. The van der Waals surface area contributed by atoms with E-state index in [-0.39, 0.29) is 11.7 Å². The van der Waals surface area contributed by atoms with Crippen LogP contribution in [0.3, 0.4) is 0 Å². The van der Waals surface area contributed by atoms with Gasteiger partial charge in [0.25, 0.3) is 0 Å². The second-order valence-electron chi connectivity index (χ2n) is 2.67. The van der Waals surface area contributed by atoms with Gasteiger partial charge in [-0.05, 0) is 24.6 Å². The molecule has 1 aromatic carbocycles. The molecule has 0 aromatic heterocycles. The van der Waals surface area contributed by atoms with E-state index >= 15 is 0 Å². The molecule has 0 fully saturated rings. The summed E-state index contributed by atoms with van der Waals surface area (Å²) in [7, 11) is 0. The summed E-state index contributed by atoms with van der Waals surface area (Å²) < 4.78 is 0.990. The Morgan fingerprint density at radius 2 is 2.31 bits per heavy atom. The number of anilines is 1. The van der Waals surface area contributed by atoms with Crippen molar-refractivity contribution in [1.82, 2.24) is 0 Å². The van der Waals surface area contributed by atoms with Crippen molar-refractivity contribution in [3.8, 4) is 0 Å². The number of rotatable bonds is 2. The molecule has 1 amide bonds. The molecule has 0 spiro atoms. The first-order valence-electron chi connectivity index (χ1n) is 3.80. The Hall–Kier alpha value is -0.480. The average Bonchev–Trinajstić information content (AvgIpc) is 2.11. The summed E-state index contributed by atoms with van der Waals surface area (Å²) in [6, 6.07) is 5.68. The lowest BCUT2D eigenvalue weighted by Gasteiger charge is -2.04. The molecular formula is C9H10BrNOS. The van der Waals surface area contributed by atoms with Crippen molar-refractivity contribution < 1.29 is 4.79 Å². The van der Waals surface area contributed by atoms with Gasteiger partial charge in [-0.25, -0.2) is 0 Å². The number of nitrogens with one attached hydrogen (secondary N) is 1. The van der Waals surface area contributed by atoms with Crippen LogP contribution in [-0.4, -0.2) is 11.7 Å². The van der Waals surface area contributed by atoms with Gasteiger partial charge in [-0.2, -0.15) is 12.6 Å². The van der Waals surface area contributed by atoms with Crippen molar-refractivity contribution in [3.63, 3.8) is 0 Å². The van der Waals surface area contributed by atoms with E-state index in [0.29, 0.717) is 0 Å². The number of carbonyl (C=O) groups excluding carboxylic acids is 1. The van der Waals surface area contributed by atoms with E-state index in [2.05, 4.69) is 33.9 Å². The molecule has 1 N–H and O–H groups in total. The molecule has 0 radical (unpaired) electrons. The van der Waals surface area contributed by atoms with E-state index in [4.69, 9.17) is 0 Å². The van der Waals surface area contributed by atoms with Crippen LogP contribution in [0.1, 0.15) is 5.56 Å². The summed E-state index contributed by atoms with van der Waals surface area (Å²) in [4.78, 5) is 11.0. The molecule has 4 heteroatoms. The molecule has 0 bridgehead atoms.